The summed E-state index contributed by atoms with van der Waals surface area (Å²) >= 11 is 0. The van der Waals surface area contributed by atoms with Gasteiger partial charge in [-0.2, -0.15) is 10.2 Å². The molecular formula is C19H19FN6. The molecule has 0 saturated heterocycles. The summed E-state index contributed by atoms with van der Waals surface area (Å²) in [5, 5.41) is 8.95. The molecule has 0 aliphatic carbocycles. The van der Waals surface area contributed by atoms with Crippen molar-refractivity contribution in [1.29, 1.82) is 0 Å². The van der Waals surface area contributed by atoms with Crippen LogP contribution < -0.4 is 0 Å². The van der Waals surface area contributed by atoms with E-state index in [1.54, 1.807) is 27.5 Å². The van der Waals surface area contributed by atoms with Crippen LogP contribution in [0.4, 0.5) is 4.39 Å². The molecule has 4 rings (SSSR count). The zero-order valence-corrected chi connectivity index (χ0v) is 14.9. The van der Waals surface area contributed by atoms with Crippen molar-refractivity contribution >= 4 is 5.65 Å². The van der Waals surface area contributed by atoms with E-state index >= 15 is 0 Å². The van der Waals surface area contributed by atoms with Crippen molar-refractivity contribution in [2.45, 2.75) is 6.54 Å². The Kier molecular flexibility index (Phi) is 4.00. The molecule has 3 heterocycles. The van der Waals surface area contributed by atoms with Crippen molar-refractivity contribution in [1.82, 2.24) is 29.3 Å². The Morgan fingerprint density at radius 1 is 1.04 bits per heavy atom. The highest BCUT2D eigenvalue weighted by Crippen LogP contribution is 2.32. The molecule has 0 aliphatic heterocycles. The normalized spacial score (nSPS) is 11.6. The van der Waals surface area contributed by atoms with Crippen LogP contribution in [0.3, 0.4) is 0 Å². The van der Waals surface area contributed by atoms with Gasteiger partial charge in [-0.15, -0.1) is 0 Å². The summed E-state index contributed by atoms with van der Waals surface area (Å²) in [7, 11) is 5.89. The van der Waals surface area contributed by atoms with Gasteiger partial charge in [0.05, 0.1) is 11.9 Å². The molecule has 0 aliphatic rings. The number of fused-ring (bicyclic) bond motifs is 1. The fourth-order valence-corrected chi connectivity index (χ4v) is 3.06. The fraction of sp³-hybridized carbons (Fsp3) is 0.211. The molecule has 4 aromatic rings. The summed E-state index contributed by atoms with van der Waals surface area (Å²) < 4.78 is 16.8. The van der Waals surface area contributed by atoms with Gasteiger partial charge >= 0.3 is 0 Å². The molecule has 132 valence electrons. The molecule has 26 heavy (non-hydrogen) atoms. The molecule has 0 atom stereocenters. The van der Waals surface area contributed by atoms with Crippen LogP contribution in [-0.4, -0.2) is 43.4 Å². The van der Waals surface area contributed by atoms with Crippen LogP contribution in [0, 0.1) is 5.82 Å². The predicted octanol–water partition coefficient (Wildman–Crippen LogP) is 3.00. The van der Waals surface area contributed by atoms with Crippen LogP contribution in [0.1, 0.15) is 5.69 Å². The lowest BCUT2D eigenvalue weighted by atomic mass is 10.0. The minimum absolute atomic E-state index is 0.265. The van der Waals surface area contributed by atoms with E-state index in [9.17, 15) is 4.39 Å². The molecule has 0 amide bonds. The first-order valence-electron chi connectivity index (χ1n) is 8.29. The maximum Gasteiger partial charge on any atom is 0.161 e. The molecule has 0 spiro atoms. The quantitative estimate of drug-likeness (QED) is 0.568. The number of aryl methyl sites for hydroxylation is 1. The Hall–Kier alpha value is -3.06. The number of hydrogen-bond donors (Lipinski definition) is 0. The number of halogens is 1. The largest absolute Gasteiger partial charge is 0.304 e. The molecule has 7 heteroatoms. The van der Waals surface area contributed by atoms with Crippen molar-refractivity contribution < 1.29 is 4.39 Å². The molecule has 3 aromatic heterocycles. The Balaban J connectivity index is 1.88. The zero-order chi connectivity index (χ0) is 18.3. The molecule has 1 aromatic carbocycles. The average molecular weight is 350 g/mol. The zero-order valence-electron chi connectivity index (χ0n) is 14.9. The van der Waals surface area contributed by atoms with Crippen LogP contribution in [0.5, 0.6) is 0 Å². The van der Waals surface area contributed by atoms with Crippen molar-refractivity contribution in [2.75, 3.05) is 14.1 Å². The van der Waals surface area contributed by atoms with E-state index < -0.39 is 0 Å². The van der Waals surface area contributed by atoms with Gasteiger partial charge in [0.2, 0.25) is 0 Å². The minimum atomic E-state index is -0.265. The number of nitrogens with zero attached hydrogens (tertiary/aromatic N) is 6. The molecule has 0 N–H and O–H groups in total. The number of hydrogen-bond acceptors (Lipinski definition) is 4. The SMILES string of the molecule is CN(C)Cc1cn2nccc(-c3cn(C)nc3-c3ccc(F)cc3)c2n1. The summed E-state index contributed by atoms with van der Waals surface area (Å²) in [4.78, 5) is 6.81. The van der Waals surface area contributed by atoms with E-state index in [0.717, 1.165) is 40.3 Å². The summed E-state index contributed by atoms with van der Waals surface area (Å²) in [6.45, 7) is 0.737. The standard InChI is InChI=1S/C19H19FN6/c1-24(2)10-15-11-26-19(22-15)16(8-9-21-26)17-12-25(3)23-18(17)13-4-6-14(20)7-5-13/h4-9,11-12H,10H2,1-3H3. The first-order chi connectivity index (χ1) is 12.5. The first kappa shape index (κ1) is 16.4. The van der Waals surface area contributed by atoms with Gasteiger partial charge in [-0.3, -0.25) is 4.68 Å². The molecule has 0 saturated carbocycles. The smallest absolute Gasteiger partial charge is 0.161 e. The van der Waals surface area contributed by atoms with Gasteiger partial charge in [-0.1, -0.05) is 0 Å². The molecule has 6 nitrogen and oxygen atoms in total. The predicted molar refractivity (Wildman–Crippen MR) is 98.0 cm³/mol. The fourth-order valence-electron chi connectivity index (χ4n) is 3.06. The minimum Gasteiger partial charge on any atom is -0.304 e. The monoisotopic (exact) mass is 350 g/mol. The van der Waals surface area contributed by atoms with Gasteiger partial charge < -0.3 is 4.90 Å². The lowest BCUT2D eigenvalue weighted by Gasteiger charge is -2.05. The maximum atomic E-state index is 13.3. The third-order valence-corrected chi connectivity index (χ3v) is 4.13. The van der Waals surface area contributed by atoms with Gasteiger partial charge in [-0.05, 0) is 44.4 Å². The van der Waals surface area contributed by atoms with Crippen molar-refractivity contribution in [3.8, 4) is 22.4 Å². The van der Waals surface area contributed by atoms with Gasteiger partial charge in [0, 0.05) is 42.7 Å². The van der Waals surface area contributed by atoms with Crippen LogP contribution >= 0.6 is 0 Å². The molecule has 0 bridgehead atoms. The average Bonchev–Trinajstić information content (AvgIpc) is 3.17. The molecule has 0 unspecified atom stereocenters. The molecular weight excluding hydrogens is 331 g/mol. The second-order valence-corrected chi connectivity index (χ2v) is 6.56. The second kappa shape index (κ2) is 6.34. The third-order valence-electron chi connectivity index (χ3n) is 4.13. The van der Waals surface area contributed by atoms with E-state index in [4.69, 9.17) is 4.98 Å². The van der Waals surface area contributed by atoms with E-state index in [1.165, 1.54) is 12.1 Å². The number of aromatic nitrogens is 5. The Morgan fingerprint density at radius 3 is 2.54 bits per heavy atom. The van der Waals surface area contributed by atoms with Gasteiger partial charge in [0.25, 0.3) is 0 Å². The van der Waals surface area contributed by atoms with Crippen molar-refractivity contribution in [3.05, 3.63) is 60.4 Å². The third kappa shape index (κ3) is 2.97. The maximum absolute atomic E-state index is 13.3. The topological polar surface area (TPSA) is 51.2 Å². The van der Waals surface area contributed by atoms with Gasteiger partial charge in [0.15, 0.2) is 5.65 Å². The summed E-state index contributed by atoms with van der Waals surface area (Å²) in [5.41, 5.74) is 5.25. The van der Waals surface area contributed by atoms with Crippen LogP contribution in [0.2, 0.25) is 0 Å². The van der Waals surface area contributed by atoms with Crippen molar-refractivity contribution in [3.63, 3.8) is 0 Å². The van der Waals surface area contributed by atoms with Gasteiger partial charge in [0.1, 0.15) is 11.5 Å². The van der Waals surface area contributed by atoms with E-state index in [-0.39, 0.29) is 5.82 Å². The summed E-state index contributed by atoms with van der Waals surface area (Å²) in [5.74, 6) is -0.265. The number of imidazole rings is 1. The van der Waals surface area contributed by atoms with Crippen LogP contribution in [0.25, 0.3) is 28.0 Å². The van der Waals surface area contributed by atoms with Crippen LogP contribution in [-0.2, 0) is 13.6 Å². The summed E-state index contributed by atoms with van der Waals surface area (Å²) in [6.07, 6.45) is 5.64. The number of benzene rings is 1. The highest BCUT2D eigenvalue weighted by molar-refractivity contribution is 5.87. The second-order valence-electron chi connectivity index (χ2n) is 6.56. The Morgan fingerprint density at radius 2 is 1.81 bits per heavy atom. The van der Waals surface area contributed by atoms with Crippen LogP contribution in [0.15, 0.2) is 48.9 Å². The highest BCUT2D eigenvalue weighted by atomic mass is 19.1. The van der Waals surface area contributed by atoms with E-state index in [0.29, 0.717) is 0 Å². The van der Waals surface area contributed by atoms with Crippen molar-refractivity contribution in [2.24, 2.45) is 7.05 Å². The first-order valence-corrected chi connectivity index (χ1v) is 8.29. The Bertz CT molecular complexity index is 1060. The van der Waals surface area contributed by atoms with Gasteiger partial charge in [-0.25, -0.2) is 13.9 Å². The highest BCUT2D eigenvalue weighted by Gasteiger charge is 2.17. The lowest BCUT2D eigenvalue weighted by molar-refractivity contribution is 0.397. The molecule has 0 radical (unpaired) electrons. The number of rotatable bonds is 4. The Labute approximate surface area is 150 Å². The lowest BCUT2D eigenvalue weighted by Crippen LogP contribution is -2.10. The van der Waals surface area contributed by atoms with E-state index in [1.807, 2.05) is 39.6 Å². The summed E-state index contributed by atoms with van der Waals surface area (Å²) in [6, 6.07) is 8.30. The van der Waals surface area contributed by atoms with E-state index in [2.05, 4.69) is 15.1 Å². The molecule has 0 fully saturated rings.